The molecule has 0 amide bonds. The van der Waals surface area contributed by atoms with Gasteiger partial charge in [-0.1, -0.05) is 107 Å². The Hall–Kier alpha value is -1.57. The van der Waals surface area contributed by atoms with Gasteiger partial charge in [0.25, 0.3) is 0 Å². The molecule has 0 bridgehead atoms. The van der Waals surface area contributed by atoms with Gasteiger partial charge in [0.1, 0.15) is 0 Å². The molecule has 0 saturated heterocycles. The Kier molecular flexibility index (Phi) is 5.22. The van der Waals surface area contributed by atoms with Crippen molar-refractivity contribution in [2.45, 2.75) is 0 Å². The van der Waals surface area contributed by atoms with Crippen LogP contribution < -0.4 is 39.2 Å². The zero-order chi connectivity index (χ0) is 13.8. The molecular weight excluding hydrogens is 267 g/mol. The van der Waals surface area contributed by atoms with E-state index in [1.807, 2.05) is 91.0 Å². The van der Waals surface area contributed by atoms with Crippen molar-refractivity contribution in [3.05, 3.63) is 91.0 Å². The second-order valence-corrected chi connectivity index (χ2v) is 7.87. The van der Waals surface area contributed by atoms with E-state index in [4.69, 9.17) is 0 Å². The smallest absolute Gasteiger partial charge is 0.848 e. The van der Waals surface area contributed by atoms with Gasteiger partial charge in [-0.3, -0.25) is 0 Å². The Bertz CT molecular complexity index is 575. The van der Waals surface area contributed by atoms with Gasteiger partial charge in [0, 0.05) is 0 Å². The molecule has 3 heteroatoms. The molecule has 0 unspecified atom stereocenters. The van der Waals surface area contributed by atoms with Gasteiger partial charge >= 0.3 is 18.9 Å². The normalized spacial score (nSPS) is 10.7. The maximum absolute atomic E-state index is 13.8. The maximum Gasteiger partial charge on any atom is 1.00 e. The topological polar surface area (TPSA) is 23.1 Å². The summed E-state index contributed by atoms with van der Waals surface area (Å²) in [6, 6.07) is 29.3. The Morgan fingerprint density at radius 3 is 0.952 bits per heavy atom. The maximum atomic E-state index is 13.8. The Balaban J connectivity index is 0.00000161. The van der Waals surface area contributed by atoms with E-state index < -0.39 is 8.32 Å². The van der Waals surface area contributed by atoms with Gasteiger partial charge in [-0.15, -0.1) is 0 Å². The molecule has 21 heavy (non-hydrogen) atoms. The van der Waals surface area contributed by atoms with Crippen LogP contribution in [0.2, 0.25) is 0 Å². The van der Waals surface area contributed by atoms with E-state index in [2.05, 4.69) is 0 Å². The minimum absolute atomic E-state index is 0. The first kappa shape index (κ1) is 15.8. The molecule has 0 spiro atoms. The van der Waals surface area contributed by atoms with Crippen LogP contribution in [0, 0.1) is 0 Å². The van der Waals surface area contributed by atoms with Gasteiger partial charge in [0.15, 0.2) is 0 Å². The summed E-state index contributed by atoms with van der Waals surface area (Å²) in [5, 5.41) is 2.70. The number of hydrogen-bond donors (Lipinski definition) is 0. The average molecular weight is 282 g/mol. The summed E-state index contributed by atoms with van der Waals surface area (Å²) >= 11 is 0. The third-order valence-electron chi connectivity index (χ3n) is 3.54. The first-order valence-electron chi connectivity index (χ1n) is 6.69. The molecule has 0 aromatic heterocycles. The van der Waals surface area contributed by atoms with Gasteiger partial charge < -0.3 is 4.80 Å². The molecule has 0 fully saturated rings. The fraction of sp³-hybridized carbons (Fsp3) is 0. The van der Waals surface area contributed by atoms with Gasteiger partial charge in [-0.05, 0) is 0 Å². The van der Waals surface area contributed by atoms with Crippen LogP contribution in [0.25, 0.3) is 0 Å². The predicted molar refractivity (Wildman–Crippen MR) is 84.0 cm³/mol. The largest absolute Gasteiger partial charge is 1.00 e. The van der Waals surface area contributed by atoms with Crippen molar-refractivity contribution in [1.82, 2.24) is 0 Å². The van der Waals surface area contributed by atoms with Crippen LogP contribution in [0.4, 0.5) is 0 Å². The number of rotatable bonds is 3. The van der Waals surface area contributed by atoms with E-state index in [0.29, 0.717) is 0 Å². The predicted octanol–water partition coefficient (Wildman–Crippen LogP) is -1.98. The second-order valence-electron chi connectivity index (χ2n) is 4.78. The van der Waals surface area contributed by atoms with Crippen molar-refractivity contribution in [2.24, 2.45) is 0 Å². The molecular formula is C18H15LiOSi. The zero-order valence-electron chi connectivity index (χ0n) is 12.1. The van der Waals surface area contributed by atoms with E-state index in [1.54, 1.807) is 0 Å². The Morgan fingerprint density at radius 1 is 0.476 bits per heavy atom. The first-order chi connectivity index (χ1) is 9.82. The SMILES string of the molecule is [Li+].[O-][Si](c1ccccc1)(c1ccccc1)c1ccccc1. The van der Waals surface area contributed by atoms with Crippen LogP contribution in [-0.4, -0.2) is 8.32 Å². The fourth-order valence-electron chi connectivity index (χ4n) is 2.52. The van der Waals surface area contributed by atoms with Crippen molar-refractivity contribution < 1.29 is 23.7 Å². The molecule has 3 aromatic rings. The van der Waals surface area contributed by atoms with E-state index >= 15 is 0 Å². The molecule has 0 atom stereocenters. The minimum atomic E-state index is -3.13. The van der Waals surface area contributed by atoms with E-state index in [0.717, 1.165) is 15.6 Å². The Morgan fingerprint density at radius 2 is 0.714 bits per heavy atom. The van der Waals surface area contributed by atoms with Crippen LogP contribution in [0.3, 0.4) is 0 Å². The minimum Gasteiger partial charge on any atom is -0.848 e. The third-order valence-corrected chi connectivity index (χ3v) is 6.98. The Labute approximate surface area is 138 Å². The molecule has 0 aliphatic rings. The van der Waals surface area contributed by atoms with Crippen LogP contribution in [0.1, 0.15) is 0 Å². The van der Waals surface area contributed by atoms with E-state index in [1.165, 1.54) is 0 Å². The molecule has 3 aromatic carbocycles. The van der Waals surface area contributed by atoms with Crippen LogP contribution in [0.5, 0.6) is 0 Å². The van der Waals surface area contributed by atoms with Crippen LogP contribution >= 0.6 is 0 Å². The van der Waals surface area contributed by atoms with Gasteiger partial charge in [0.2, 0.25) is 0 Å². The molecule has 0 heterocycles. The number of hydrogen-bond acceptors (Lipinski definition) is 1. The number of benzene rings is 3. The summed E-state index contributed by atoms with van der Waals surface area (Å²) in [6.45, 7) is 0. The first-order valence-corrected chi connectivity index (χ1v) is 8.59. The molecule has 3 rings (SSSR count). The van der Waals surface area contributed by atoms with Crippen molar-refractivity contribution in [2.75, 3.05) is 0 Å². The van der Waals surface area contributed by atoms with Crippen LogP contribution in [0.15, 0.2) is 91.0 Å². The van der Waals surface area contributed by atoms with Gasteiger partial charge in [-0.25, -0.2) is 0 Å². The van der Waals surface area contributed by atoms with Crippen LogP contribution in [-0.2, 0) is 0 Å². The van der Waals surface area contributed by atoms with Crippen molar-refractivity contribution >= 4 is 23.9 Å². The summed E-state index contributed by atoms with van der Waals surface area (Å²) in [6.07, 6.45) is 0. The summed E-state index contributed by atoms with van der Waals surface area (Å²) in [4.78, 5) is 13.8. The third kappa shape index (κ3) is 3.05. The molecule has 0 radical (unpaired) electrons. The van der Waals surface area contributed by atoms with Crippen molar-refractivity contribution in [3.8, 4) is 0 Å². The van der Waals surface area contributed by atoms with Crippen molar-refractivity contribution in [3.63, 3.8) is 0 Å². The molecule has 98 valence electrons. The quantitative estimate of drug-likeness (QED) is 0.403. The zero-order valence-corrected chi connectivity index (χ0v) is 13.1. The summed E-state index contributed by atoms with van der Waals surface area (Å²) in [5.74, 6) is 0. The van der Waals surface area contributed by atoms with E-state index in [-0.39, 0.29) is 18.9 Å². The van der Waals surface area contributed by atoms with Gasteiger partial charge in [-0.2, -0.15) is 0 Å². The molecule has 0 aliphatic heterocycles. The second kappa shape index (κ2) is 6.93. The summed E-state index contributed by atoms with van der Waals surface area (Å²) < 4.78 is 0. The summed E-state index contributed by atoms with van der Waals surface area (Å²) in [5.41, 5.74) is 0. The molecule has 0 aliphatic carbocycles. The molecule has 0 N–H and O–H groups in total. The molecule has 1 nitrogen and oxygen atoms in total. The fourth-order valence-corrected chi connectivity index (χ4v) is 5.50. The monoisotopic (exact) mass is 282 g/mol. The van der Waals surface area contributed by atoms with E-state index in [9.17, 15) is 4.80 Å². The summed E-state index contributed by atoms with van der Waals surface area (Å²) in [7, 11) is -3.13. The molecule has 0 saturated carbocycles. The standard InChI is InChI=1S/C18H15OSi.Li/c19-20(16-10-4-1-5-11-16,17-12-6-2-7-13-17)18-14-8-3-9-15-18;/h1-15H;/q-1;+1. The van der Waals surface area contributed by atoms with Gasteiger partial charge in [0.05, 0.1) is 8.32 Å². The van der Waals surface area contributed by atoms with Crippen molar-refractivity contribution in [1.29, 1.82) is 0 Å². The average Bonchev–Trinajstić information content (AvgIpc) is 2.56.